The number of nitrogens with one attached hydrogen (secondary N) is 1. The van der Waals surface area contributed by atoms with Gasteiger partial charge in [-0.1, -0.05) is 18.6 Å². The number of aliphatic carboxylic acids is 1. The molecule has 1 aliphatic rings. The van der Waals surface area contributed by atoms with Crippen molar-refractivity contribution in [3.05, 3.63) is 30.1 Å². The highest BCUT2D eigenvalue weighted by Gasteiger charge is 2.28. The predicted octanol–water partition coefficient (Wildman–Crippen LogP) is 2.00. The molecule has 1 atom stereocenters. The first-order valence-corrected chi connectivity index (χ1v) is 6.64. The van der Waals surface area contributed by atoms with Crippen LogP contribution in [0.4, 0.5) is 0 Å². The number of carbonyl (C=O) groups is 1. The summed E-state index contributed by atoms with van der Waals surface area (Å²) in [5.74, 6) is 0.116. The normalized spacial score (nSPS) is 20.7. The van der Waals surface area contributed by atoms with Crippen LogP contribution in [0.1, 0.15) is 25.1 Å². The molecule has 1 saturated heterocycles. The van der Waals surface area contributed by atoms with Gasteiger partial charge in [-0.05, 0) is 31.5 Å². The van der Waals surface area contributed by atoms with Crippen molar-refractivity contribution in [1.82, 2.24) is 14.9 Å². The maximum atomic E-state index is 11.3. The molecule has 100 valence electrons. The minimum atomic E-state index is -0.726. The maximum absolute atomic E-state index is 11.3. The molecule has 3 rings (SSSR count). The number of carboxylic acid groups (broad SMARTS) is 1. The number of fused-ring (bicyclic) bond motifs is 1. The van der Waals surface area contributed by atoms with E-state index in [-0.39, 0.29) is 6.04 Å². The van der Waals surface area contributed by atoms with E-state index >= 15 is 0 Å². The van der Waals surface area contributed by atoms with Crippen LogP contribution in [0.25, 0.3) is 11.0 Å². The summed E-state index contributed by atoms with van der Waals surface area (Å²) < 4.78 is 0. The number of H-pyrrole nitrogens is 1. The summed E-state index contributed by atoms with van der Waals surface area (Å²) in [6, 6.07) is 7.48. The Labute approximate surface area is 111 Å². The Bertz CT molecular complexity index is 560. The van der Waals surface area contributed by atoms with Crippen LogP contribution in [0.3, 0.4) is 0 Å². The quantitative estimate of drug-likeness (QED) is 0.884. The summed E-state index contributed by atoms with van der Waals surface area (Å²) in [5, 5.41) is 9.25. The van der Waals surface area contributed by atoms with Gasteiger partial charge in [0.15, 0.2) is 0 Å². The number of carboxylic acids is 1. The van der Waals surface area contributed by atoms with Crippen molar-refractivity contribution in [3.63, 3.8) is 0 Å². The van der Waals surface area contributed by atoms with Gasteiger partial charge in [-0.3, -0.25) is 9.69 Å². The van der Waals surface area contributed by atoms with E-state index in [2.05, 4.69) is 9.97 Å². The zero-order chi connectivity index (χ0) is 13.2. The van der Waals surface area contributed by atoms with Crippen LogP contribution in [-0.2, 0) is 11.3 Å². The van der Waals surface area contributed by atoms with Gasteiger partial charge in [0.25, 0.3) is 0 Å². The van der Waals surface area contributed by atoms with Gasteiger partial charge in [0, 0.05) is 0 Å². The van der Waals surface area contributed by atoms with Gasteiger partial charge in [-0.15, -0.1) is 0 Å². The lowest BCUT2D eigenvalue weighted by Crippen LogP contribution is -2.44. The van der Waals surface area contributed by atoms with Crippen LogP contribution in [0, 0.1) is 0 Å². The standard InChI is InChI=1S/C14H17N3O2/c18-14(19)12-7-3-4-8-17(12)9-13-15-10-5-1-2-6-11(10)16-13/h1-2,5-6,12H,3-4,7-9H2,(H,15,16)(H,18,19)/t12-/m1/s1. The monoisotopic (exact) mass is 259 g/mol. The van der Waals surface area contributed by atoms with Crippen molar-refractivity contribution in [2.24, 2.45) is 0 Å². The minimum absolute atomic E-state index is 0.373. The van der Waals surface area contributed by atoms with Crippen molar-refractivity contribution in [1.29, 1.82) is 0 Å². The van der Waals surface area contributed by atoms with Crippen molar-refractivity contribution < 1.29 is 9.90 Å². The van der Waals surface area contributed by atoms with Crippen molar-refractivity contribution in [2.45, 2.75) is 31.8 Å². The highest BCUT2D eigenvalue weighted by Crippen LogP contribution is 2.20. The van der Waals surface area contributed by atoms with Crippen molar-refractivity contribution >= 4 is 17.0 Å². The number of aromatic nitrogens is 2. The molecule has 1 aromatic carbocycles. The minimum Gasteiger partial charge on any atom is -0.480 e. The Morgan fingerprint density at radius 1 is 1.42 bits per heavy atom. The molecule has 1 aromatic heterocycles. The summed E-state index contributed by atoms with van der Waals surface area (Å²) in [5.41, 5.74) is 1.93. The summed E-state index contributed by atoms with van der Waals surface area (Å²) in [6.45, 7) is 1.40. The molecule has 0 unspecified atom stereocenters. The number of aromatic amines is 1. The van der Waals surface area contributed by atoms with Crippen LogP contribution in [-0.4, -0.2) is 38.5 Å². The van der Waals surface area contributed by atoms with E-state index in [0.717, 1.165) is 42.7 Å². The number of hydrogen-bond acceptors (Lipinski definition) is 3. The average molecular weight is 259 g/mol. The Kier molecular flexibility index (Phi) is 3.21. The van der Waals surface area contributed by atoms with E-state index in [9.17, 15) is 9.90 Å². The molecule has 0 amide bonds. The zero-order valence-corrected chi connectivity index (χ0v) is 10.7. The fourth-order valence-electron chi connectivity index (χ4n) is 2.73. The van der Waals surface area contributed by atoms with Crippen LogP contribution in [0.2, 0.25) is 0 Å². The van der Waals surface area contributed by atoms with Gasteiger partial charge in [-0.2, -0.15) is 0 Å². The molecule has 2 aromatic rings. The lowest BCUT2D eigenvalue weighted by Gasteiger charge is -2.31. The van der Waals surface area contributed by atoms with Gasteiger partial charge in [-0.25, -0.2) is 4.98 Å². The first-order chi connectivity index (χ1) is 9.24. The van der Waals surface area contributed by atoms with E-state index in [4.69, 9.17) is 0 Å². The van der Waals surface area contributed by atoms with Crippen LogP contribution >= 0.6 is 0 Å². The predicted molar refractivity (Wildman–Crippen MR) is 71.8 cm³/mol. The Morgan fingerprint density at radius 3 is 3.05 bits per heavy atom. The number of likely N-dealkylation sites (tertiary alicyclic amines) is 1. The molecule has 2 heterocycles. The van der Waals surface area contributed by atoms with Gasteiger partial charge in [0.05, 0.1) is 17.6 Å². The van der Waals surface area contributed by atoms with Crippen LogP contribution < -0.4 is 0 Å². The molecule has 0 radical (unpaired) electrons. The second-order valence-corrected chi connectivity index (χ2v) is 5.02. The molecule has 0 bridgehead atoms. The van der Waals surface area contributed by atoms with E-state index < -0.39 is 5.97 Å². The number of para-hydroxylation sites is 2. The highest BCUT2D eigenvalue weighted by atomic mass is 16.4. The summed E-state index contributed by atoms with van der Waals surface area (Å²) in [6.07, 6.45) is 2.78. The average Bonchev–Trinajstić information content (AvgIpc) is 2.81. The van der Waals surface area contributed by atoms with E-state index in [1.165, 1.54) is 0 Å². The lowest BCUT2D eigenvalue weighted by molar-refractivity contribution is -0.144. The topological polar surface area (TPSA) is 69.2 Å². The molecule has 2 N–H and O–H groups in total. The van der Waals surface area contributed by atoms with Crippen LogP contribution in [0.15, 0.2) is 24.3 Å². The fraction of sp³-hybridized carbons (Fsp3) is 0.429. The number of rotatable bonds is 3. The third kappa shape index (κ3) is 2.46. The largest absolute Gasteiger partial charge is 0.480 e. The van der Waals surface area contributed by atoms with E-state index in [1.807, 2.05) is 29.2 Å². The van der Waals surface area contributed by atoms with E-state index in [1.54, 1.807) is 0 Å². The number of nitrogens with zero attached hydrogens (tertiary/aromatic N) is 2. The molecule has 0 saturated carbocycles. The van der Waals surface area contributed by atoms with Gasteiger partial charge >= 0.3 is 5.97 Å². The number of hydrogen-bond donors (Lipinski definition) is 2. The second kappa shape index (κ2) is 5.01. The third-order valence-corrected chi connectivity index (χ3v) is 3.69. The fourth-order valence-corrected chi connectivity index (χ4v) is 2.73. The van der Waals surface area contributed by atoms with Gasteiger partial charge in [0.1, 0.15) is 11.9 Å². The lowest BCUT2D eigenvalue weighted by atomic mass is 10.0. The number of piperidine rings is 1. The molecule has 19 heavy (non-hydrogen) atoms. The Morgan fingerprint density at radius 2 is 2.26 bits per heavy atom. The molecule has 1 aliphatic heterocycles. The van der Waals surface area contributed by atoms with E-state index in [0.29, 0.717) is 6.54 Å². The third-order valence-electron chi connectivity index (χ3n) is 3.69. The Balaban J connectivity index is 1.80. The maximum Gasteiger partial charge on any atom is 0.320 e. The first-order valence-electron chi connectivity index (χ1n) is 6.64. The molecule has 0 aliphatic carbocycles. The van der Waals surface area contributed by atoms with Gasteiger partial charge < -0.3 is 10.1 Å². The molecule has 5 heteroatoms. The zero-order valence-electron chi connectivity index (χ0n) is 10.7. The highest BCUT2D eigenvalue weighted by molar-refractivity contribution is 5.75. The molecular weight excluding hydrogens is 242 g/mol. The molecule has 1 fully saturated rings. The SMILES string of the molecule is O=C(O)[C@H]1CCCCN1Cc1nc2ccccc2[nH]1. The summed E-state index contributed by atoms with van der Waals surface area (Å²) in [4.78, 5) is 21.0. The second-order valence-electron chi connectivity index (χ2n) is 5.02. The van der Waals surface area contributed by atoms with Crippen LogP contribution in [0.5, 0.6) is 0 Å². The first kappa shape index (κ1) is 12.2. The smallest absolute Gasteiger partial charge is 0.320 e. The molecule has 0 spiro atoms. The molecular formula is C14H17N3O2. The van der Waals surface area contributed by atoms with Crippen molar-refractivity contribution in [2.75, 3.05) is 6.54 Å². The Hall–Kier alpha value is -1.88. The number of imidazole rings is 1. The van der Waals surface area contributed by atoms with Gasteiger partial charge in [0.2, 0.25) is 0 Å². The van der Waals surface area contributed by atoms with Crippen molar-refractivity contribution in [3.8, 4) is 0 Å². The summed E-state index contributed by atoms with van der Waals surface area (Å²) in [7, 11) is 0. The summed E-state index contributed by atoms with van der Waals surface area (Å²) >= 11 is 0. The number of benzene rings is 1. The molecule has 5 nitrogen and oxygen atoms in total.